The van der Waals surface area contributed by atoms with Gasteiger partial charge in [-0.2, -0.15) is 0 Å². The van der Waals surface area contributed by atoms with Crippen LogP contribution in [-0.2, 0) is 4.74 Å². The molecular formula is C9H19NO2. The third-order valence-electron chi connectivity index (χ3n) is 2.69. The van der Waals surface area contributed by atoms with Gasteiger partial charge in [-0.05, 0) is 26.7 Å². The average Bonchev–Trinajstić information content (AvgIpc) is 2.00. The van der Waals surface area contributed by atoms with Gasteiger partial charge >= 0.3 is 0 Å². The maximum absolute atomic E-state index is 9.06. The fraction of sp³-hybridized carbons (Fsp3) is 1.00. The van der Waals surface area contributed by atoms with Crippen LogP contribution in [0.4, 0.5) is 0 Å². The van der Waals surface area contributed by atoms with Gasteiger partial charge in [-0.1, -0.05) is 0 Å². The van der Waals surface area contributed by atoms with Gasteiger partial charge in [0.05, 0.1) is 12.2 Å². The van der Waals surface area contributed by atoms with Crippen molar-refractivity contribution in [1.29, 1.82) is 0 Å². The van der Waals surface area contributed by atoms with Crippen LogP contribution in [0.15, 0.2) is 0 Å². The maximum Gasteiger partial charge on any atom is 0.0693 e. The van der Waals surface area contributed by atoms with Gasteiger partial charge in [0.15, 0.2) is 0 Å². The molecule has 1 aliphatic carbocycles. The summed E-state index contributed by atoms with van der Waals surface area (Å²) < 4.78 is 5.18. The van der Waals surface area contributed by atoms with E-state index in [9.17, 15) is 0 Å². The summed E-state index contributed by atoms with van der Waals surface area (Å²) in [5, 5.41) is 12.5. The van der Waals surface area contributed by atoms with E-state index in [0.717, 1.165) is 12.8 Å². The summed E-state index contributed by atoms with van der Waals surface area (Å²) in [7, 11) is 1.72. The van der Waals surface area contributed by atoms with E-state index in [2.05, 4.69) is 12.2 Å². The fourth-order valence-corrected chi connectivity index (χ4v) is 1.44. The zero-order chi connectivity index (χ0) is 9.14. The van der Waals surface area contributed by atoms with Crippen molar-refractivity contribution in [3.63, 3.8) is 0 Å². The van der Waals surface area contributed by atoms with Crippen LogP contribution in [-0.4, -0.2) is 36.5 Å². The standard InChI is InChI=1S/C9H19NO2/c1-6(7(2)12-3)10-8-4-9(11)5-8/h6-11H,4-5H2,1-3H3. The number of nitrogens with one attached hydrogen (secondary N) is 1. The topological polar surface area (TPSA) is 41.5 Å². The van der Waals surface area contributed by atoms with Crippen molar-refractivity contribution in [2.75, 3.05) is 7.11 Å². The number of hydrogen-bond donors (Lipinski definition) is 2. The molecule has 1 fully saturated rings. The molecule has 0 heterocycles. The lowest BCUT2D eigenvalue weighted by atomic mass is 9.89. The van der Waals surface area contributed by atoms with Crippen molar-refractivity contribution in [2.45, 2.75) is 51.0 Å². The molecule has 0 aliphatic heterocycles. The quantitative estimate of drug-likeness (QED) is 0.651. The zero-order valence-corrected chi connectivity index (χ0v) is 8.08. The van der Waals surface area contributed by atoms with E-state index in [1.807, 2.05) is 6.92 Å². The van der Waals surface area contributed by atoms with Crippen molar-refractivity contribution >= 4 is 0 Å². The lowest BCUT2D eigenvalue weighted by molar-refractivity contribution is 0.0358. The fourth-order valence-electron chi connectivity index (χ4n) is 1.44. The maximum atomic E-state index is 9.06. The summed E-state index contributed by atoms with van der Waals surface area (Å²) >= 11 is 0. The van der Waals surface area contributed by atoms with Crippen molar-refractivity contribution in [3.8, 4) is 0 Å². The number of hydrogen-bond acceptors (Lipinski definition) is 3. The Morgan fingerprint density at radius 3 is 2.42 bits per heavy atom. The van der Waals surface area contributed by atoms with E-state index < -0.39 is 0 Å². The first-order chi connectivity index (χ1) is 5.63. The number of methoxy groups -OCH3 is 1. The highest BCUT2D eigenvalue weighted by atomic mass is 16.5. The van der Waals surface area contributed by atoms with E-state index in [-0.39, 0.29) is 12.2 Å². The molecule has 0 radical (unpaired) electrons. The minimum Gasteiger partial charge on any atom is -0.393 e. The number of ether oxygens (including phenoxy) is 1. The molecule has 3 heteroatoms. The molecule has 2 atom stereocenters. The summed E-state index contributed by atoms with van der Waals surface area (Å²) in [4.78, 5) is 0. The number of rotatable bonds is 4. The Balaban J connectivity index is 2.14. The van der Waals surface area contributed by atoms with Crippen molar-refractivity contribution in [1.82, 2.24) is 5.32 Å². The van der Waals surface area contributed by atoms with Crippen molar-refractivity contribution in [2.24, 2.45) is 0 Å². The van der Waals surface area contributed by atoms with E-state index in [1.54, 1.807) is 7.11 Å². The molecule has 0 bridgehead atoms. The van der Waals surface area contributed by atoms with E-state index in [4.69, 9.17) is 9.84 Å². The Kier molecular flexibility index (Phi) is 3.50. The largest absolute Gasteiger partial charge is 0.393 e. The van der Waals surface area contributed by atoms with Crippen LogP contribution < -0.4 is 5.32 Å². The second kappa shape index (κ2) is 4.21. The second-order valence-corrected chi connectivity index (χ2v) is 3.72. The average molecular weight is 173 g/mol. The molecule has 2 N–H and O–H groups in total. The van der Waals surface area contributed by atoms with Crippen LogP contribution in [0, 0.1) is 0 Å². The highest BCUT2D eigenvalue weighted by Crippen LogP contribution is 2.20. The molecule has 0 aromatic carbocycles. The zero-order valence-electron chi connectivity index (χ0n) is 8.08. The highest BCUT2D eigenvalue weighted by molar-refractivity contribution is 4.87. The van der Waals surface area contributed by atoms with Gasteiger partial charge < -0.3 is 15.2 Å². The minimum absolute atomic E-state index is 0.0763. The third-order valence-corrected chi connectivity index (χ3v) is 2.69. The molecule has 1 aliphatic rings. The highest BCUT2D eigenvalue weighted by Gasteiger charge is 2.28. The van der Waals surface area contributed by atoms with Gasteiger partial charge in [-0.15, -0.1) is 0 Å². The minimum atomic E-state index is -0.0763. The first kappa shape index (κ1) is 9.96. The van der Waals surface area contributed by atoms with E-state index in [1.165, 1.54) is 0 Å². The first-order valence-corrected chi connectivity index (χ1v) is 4.60. The van der Waals surface area contributed by atoms with Gasteiger partial charge in [-0.3, -0.25) is 0 Å². The molecule has 3 nitrogen and oxygen atoms in total. The number of aliphatic hydroxyl groups is 1. The van der Waals surface area contributed by atoms with Crippen LogP contribution in [0.1, 0.15) is 26.7 Å². The summed E-state index contributed by atoms with van der Waals surface area (Å²) in [6, 6.07) is 0.861. The summed E-state index contributed by atoms with van der Waals surface area (Å²) in [6.45, 7) is 4.16. The Morgan fingerprint density at radius 2 is 2.00 bits per heavy atom. The molecule has 0 spiro atoms. The first-order valence-electron chi connectivity index (χ1n) is 4.60. The Morgan fingerprint density at radius 1 is 1.42 bits per heavy atom. The molecule has 0 aromatic heterocycles. The van der Waals surface area contributed by atoms with Gasteiger partial charge in [0, 0.05) is 19.2 Å². The molecular weight excluding hydrogens is 154 g/mol. The van der Waals surface area contributed by atoms with Crippen LogP contribution in [0.5, 0.6) is 0 Å². The molecule has 0 amide bonds. The van der Waals surface area contributed by atoms with Crippen LogP contribution >= 0.6 is 0 Å². The smallest absolute Gasteiger partial charge is 0.0693 e. The lowest BCUT2D eigenvalue weighted by Crippen LogP contribution is -2.50. The number of aliphatic hydroxyl groups excluding tert-OH is 1. The summed E-state index contributed by atoms with van der Waals surface area (Å²) in [5.41, 5.74) is 0. The molecule has 12 heavy (non-hydrogen) atoms. The van der Waals surface area contributed by atoms with Gasteiger partial charge in [0.1, 0.15) is 0 Å². The van der Waals surface area contributed by atoms with Crippen molar-refractivity contribution < 1.29 is 9.84 Å². The molecule has 2 unspecified atom stereocenters. The summed E-state index contributed by atoms with van der Waals surface area (Å²) in [6.07, 6.45) is 1.94. The predicted octanol–water partition coefficient (Wildman–Crippen LogP) is 0.523. The SMILES string of the molecule is COC(C)C(C)NC1CC(O)C1. The normalized spacial score (nSPS) is 34.0. The molecule has 0 saturated heterocycles. The molecule has 1 saturated carbocycles. The lowest BCUT2D eigenvalue weighted by Gasteiger charge is -2.35. The predicted molar refractivity (Wildman–Crippen MR) is 48.1 cm³/mol. The molecule has 72 valence electrons. The monoisotopic (exact) mass is 173 g/mol. The van der Waals surface area contributed by atoms with E-state index in [0.29, 0.717) is 12.1 Å². The Labute approximate surface area is 74.1 Å². The molecule has 1 rings (SSSR count). The Hall–Kier alpha value is -0.120. The third kappa shape index (κ3) is 2.44. The molecule has 0 aromatic rings. The second-order valence-electron chi connectivity index (χ2n) is 3.72. The van der Waals surface area contributed by atoms with Gasteiger partial charge in [-0.25, -0.2) is 0 Å². The van der Waals surface area contributed by atoms with Crippen LogP contribution in [0.2, 0.25) is 0 Å². The van der Waals surface area contributed by atoms with Gasteiger partial charge in [0.2, 0.25) is 0 Å². The van der Waals surface area contributed by atoms with Crippen molar-refractivity contribution in [3.05, 3.63) is 0 Å². The van der Waals surface area contributed by atoms with Crippen LogP contribution in [0.3, 0.4) is 0 Å². The van der Waals surface area contributed by atoms with E-state index >= 15 is 0 Å². The van der Waals surface area contributed by atoms with Gasteiger partial charge in [0.25, 0.3) is 0 Å². The summed E-state index contributed by atoms with van der Waals surface area (Å²) in [5.74, 6) is 0. The van der Waals surface area contributed by atoms with Crippen LogP contribution in [0.25, 0.3) is 0 Å². The Bertz CT molecular complexity index is 134.